The predicted molar refractivity (Wildman–Crippen MR) is 59.2 cm³/mol. The van der Waals surface area contributed by atoms with E-state index in [4.69, 9.17) is 30.5 Å². The Morgan fingerprint density at radius 1 is 1.50 bits per heavy atom. The van der Waals surface area contributed by atoms with Crippen LogP contribution in [0.3, 0.4) is 0 Å². The van der Waals surface area contributed by atoms with Crippen molar-refractivity contribution in [1.29, 1.82) is 0 Å². The molecular weight excluding hydrogens is 246 g/mol. The fraction of sp³-hybridized carbons (Fsp3) is 1.00. The van der Waals surface area contributed by atoms with Crippen molar-refractivity contribution in [2.24, 2.45) is 0 Å². The highest BCUT2D eigenvalue weighted by molar-refractivity contribution is 7.54. The van der Waals surface area contributed by atoms with Gasteiger partial charge in [-0.3, -0.25) is 4.57 Å². The van der Waals surface area contributed by atoms with Gasteiger partial charge in [-0.05, 0) is 6.42 Å². The Morgan fingerprint density at radius 2 is 2.14 bits per heavy atom. The normalized spacial score (nSPS) is 34.8. The van der Waals surface area contributed by atoms with Gasteiger partial charge in [-0.2, -0.15) is 0 Å². The number of alkyl halides is 2. The van der Waals surface area contributed by atoms with Crippen molar-refractivity contribution in [1.82, 2.24) is 9.76 Å². The molecule has 0 aromatic heterocycles. The van der Waals surface area contributed by atoms with Crippen LogP contribution >= 0.6 is 30.9 Å². The third kappa shape index (κ3) is 3.37. The minimum atomic E-state index is -3.33. The van der Waals surface area contributed by atoms with Crippen LogP contribution in [-0.4, -0.2) is 42.6 Å². The predicted octanol–water partition coefficient (Wildman–Crippen LogP) is 1.88. The van der Waals surface area contributed by atoms with Gasteiger partial charge in [0, 0.05) is 34.1 Å². The van der Waals surface area contributed by atoms with Crippen LogP contribution in [0.25, 0.3) is 0 Å². The summed E-state index contributed by atoms with van der Waals surface area (Å²) in [6, 6.07) is 0. The third-order valence-corrected chi connectivity index (χ3v) is 4.08. The van der Waals surface area contributed by atoms with Crippen molar-refractivity contribution in [2.45, 2.75) is 6.42 Å². The van der Waals surface area contributed by atoms with Gasteiger partial charge >= 0.3 is 7.67 Å². The van der Waals surface area contributed by atoms with Gasteiger partial charge < -0.3 is 4.52 Å². The van der Waals surface area contributed by atoms with Gasteiger partial charge in [0.25, 0.3) is 0 Å². The lowest BCUT2D eigenvalue weighted by Crippen LogP contribution is -2.35. The average Bonchev–Trinajstić information content (AvgIpc) is 2.29. The Kier molecular flexibility index (Phi) is 4.46. The van der Waals surface area contributed by atoms with Crippen molar-refractivity contribution >= 4 is 30.9 Å². The maximum atomic E-state index is 12.4. The highest BCUT2D eigenvalue weighted by Crippen LogP contribution is 2.47. The number of rotatable bonds is 5. The molecule has 1 fully saturated rings. The summed E-state index contributed by atoms with van der Waals surface area (Å²) in [5.41, 5.74) is 0. The van der Waals surface area contributed by atoms with Crippen LogP contribution in [-0.2, 0) is 9.09 Å². The molecule has 0 amide bonds. The Balaban J connectivity index is 2.85. The highest BCUT2D eigenvalue weighted by Gasteiger charge is 2.32. The lowest BCUT2D eigenvalue weighted by molar-refractivity contribution is 0.233. The molecule has 14 heavy (non-hydrogen) atoms. The Hall–Kier alpha value is 0.690. The summed E-state index contributed by atoms with van der Waals surface area (Å²) in [6.07, 6.45) is 0.755. The molecule has 84 valence electrons. The van der Waals surface area contributed by atoms with Crippen molar-refractivity contribution in [3.05, 3.63) is 0 Å². The second-order valence-corrected chi connectivity index (χ2v) is 5.36. The summed E-state index contributed by atoms with van der Waals surface area (Å²) in [5.74, 6) is -0.109. The van der Waals surface area contributed by atoms with E-state index >= 15 is 0 Å². The number of hydrogen-bond acceptors (Lipinski definition) is 2. The zero-order valence-electron chi connectivity index (χ0n) is 9.66. The third-order valence-electron chi connectivity index (χ3n) is 1.72. The van der Waals surface area contributed by atoms with E-state index in [1.54, 1.807) is 0 Å². The van der Waals surface area contributed by atoms with Gasteiger partial charge in [0.1, 0.15) is 0 Å². The SMILES string of the molecule is [3H]C(CCl)N(C([3H])CCl)P1(=O)NCCCO1. The Morgan fingerprint density at radius 3 is 2.57 bits per heavy atom. The topological polar surface area (TPSA) is 41.6 Å². The molecule has 0 aromatic carbocycles. The highest BCUT2D eigenvalue weighted by atomic mass is 35.5. The minimum absolute atomic E-state index is 0.0543. The van der Waals surface area contributed by atoms with E-state index < -0.39 is 20.7 Å². The number of halogens is 2. The first-order chi connectivity index (χ1) is 7.55. The van der Waals surface area contributed by atoms with E-state index in [1.807, 2.05) is 0 Å². The van der Waals surface area contributed by atoms with E-state index in [2.05, 4.69) is 5.09 Å². The van der Waals surface area contributed by atoms with E-state index in [9.17, 15) is 4.57 Å². The summed E-state index contributed by atoms with van der Waals surface area (Å²) in [7, 11) is -3.33. The molecule has 4 nitrogen and oxygen atoms in total. The summed E-state index contributed by atoms with van der Waals surface area (Å²) in [4.78, 5) is 0. The van der Waals surface area contributed by atoms with Crippen LogP contribution in [0.2, 0.25) is 0 Å². The quantitative estimate of drug-likeness (QED) is 0.608. The van der Waals surface area contributed by atoms with Crippen LogP contribution in [0.4, 0.5) is 0 Å². The summed E-state index contributed by atoms with van der Waals surface area (Å²) in [6.45, 7) is -1.05. The summed E-state index contributed by atoms with van der Waals surface area (Å²) >= 11 is 11.1. The number of hydrogen-bond donors (Lipinski definition) is 1. The summed E-state index contributed by atoms with van der Waals surface area (Å²) < 4.78 is 34.1. The van der Waals surface area contributed by atoms with Crippen molar-refractivity contribution in [3.8, 4) is 0 Å². The number of nitrogens with zero attached hydrogens (tertiary/aromatic N) is 1. The molecule has 1 rings (SSSR count). The van der Waals surface area contributed by atoms with Crippen molar-refractivity contribution < 1.29 is 11.8 Å². The molecule has 1 saturated heterocycles. The Bertz CT molecular complexity index is 255. The molecule has 3 atom stereocenters. The molecular formula is C7H15Cl2N2O2P. The van der Waals surface area contributed by atoms with Gasteiger partial charge in [-0.25, -0.2) is 9.76 Å². The largest absolute Gasteiger partial charge is 0.343 e. The molecule has 0 spiro atoms. The first-order valence-corrected chi connectivity index (χ1v) is 6.94. The minimum Gasteiger partial charge on any atom is -0.306 e. The van der Waals surface area contributed by atoms with Gasteiger partial charge in [0.2, 0.25) is 0 Å². The molecule has 0 saturated carbocycles. The Labute approximate surface area is 97.3 Å². The van der Waals surface area contributed by atoms with E-state index in [1.165, 1.54) is 0 Å². The molecule has 3 unspecified atom stereocenters. The molecule has 1 aliphatic rings. The van der Waals surface area contributed by atoms with Crippen LogP contribution < -0.4 is 5.09 Å². The zero-order valence-corrected chi connectivity index (χ0v) is 10.1. The van der Waals surface area contributed by atoms with Crippen LogP contribution in [0.5, 0.6) is 0 Å². The van der Waals surface area contributed by atoms with E-state index in [0.717, 1.165) is 11.1 Å². The fourth-order valence-corrected chi connectivity index (χ4v) is 3.39. The second-order valence-electron chi connectivity index (χ2n) is 2.67. The standard InChI is InChI=1S/C7H15Cl2N2O2P/c8-2-5-11(6-3-9)14(12)10-4-1-7-13-14/h1-7H2,(H,10,12)/i5T,6T. The van der Waals surface area contributed by atoms with Crippen LogP contribution in [0.15, 0.2) is 0 Å². The monoisotopic (exact) mass is 264 g/mol. The molecule has 7 heteroatoms. The van der Waals surface area contributed by atoms with Crippen LogP contribution in [0.1, 0.15) is 9.16 Å². The smallest absolute Gasteiger partial charge is 0.306 e. The van der Waals surface area contributed by atoms with Crippen molar-refractivity contribution in [3.63, 3.8) is 0 Å². The van der Waals surface area contributed by atoms with Gasteiger partial charge in [0.05, 0.1) is 6.61 Å². The average molecular weight is 265 g/mol. The molecule has 0 bridgehead atoms. The van der Waals surface area contributed by atoms with Gasteiger partial charge in [-0.1, -0.05) is 0 Å². The lowest BCUT2D eigenvalue weighted by Gasteiger charge is -2.33. The molecule has 1 aliphatic heterocycles. The van der Waals surface area contributed by atoms with Crippen molar-refractivity contribution in [2.75, 3.05) is 38.0 Å². The zero-order chi connectivity index (χ0) is 12.2. The first kappa shape index (κ1) is 9.88. The van der Waals surface area contributed by atoms with E-state index in [0.29, 0.717) is 13.2 Å². The van der Waals surface area contributed by atoms with Crippen LogP contribution in [0, 0.1) is 0 Å². The fourth-order valence-electron chi connectivity index (χ4n) is 1.11. The molecule has 0 aromatic rings. The second kappa shape index (κ2) is 6.31. The molecule has 0 radical (unpaired) electrons. The molecule has 1 heterocycles. The maximum absolute atomic E-state index is 12.4. The van der Waals surface area contributed by atoms with Gasteiger partial charge in [0.15, 0.2) is 0 Å². The first-order valence-electron chi connectivity index (χ1n) is 5.45. The van der Waals surface area contributed by atoms with Gasteiger partial charge in [-0.15, -0.1) is 23.2 Å². The lowest BCUT2D eigenvalue weighted by atomic mass is 10.5. The van der Waals surface area contributed by atoms with E-state index in [-0.39, 0.29) is 11.8 Å². The molecule has 0 aliphatic carbocycles. The maximum Gasteiger partial charge on any atom is 0.343 e. The number of nitrogens with one attached hydrogen (secondary N) is 1. The molecule has 1 N–H and O–H groups in total. The summed E-state index contributed by atoms with van der Waals surface area (Å²) in [5, 5.41) is 2.73.